The fourth-order valence-corrected chi connectivity index (χ4v) is 2.78. The standard InChI is InChI=1S/C16H18N2O3/c1-21-15-8-5-10-9-11(6-7-13(10)18-15)17-16(20)12-3-2-4-14(12)19/h5-9,12,14,19H,2-4H2,1H3,(H,17,20). The Labute approximate surface area is 123 Å². The Hall–Kier alpha value is -2.14. The average Bonchev–Trinajstić information content (AvgIpc) is 2.93. The minimum absolute atomic E-state index is 0.110. The number of nitrogens with one attached hydrogen (secondary N) is 1. The summed E-state index contributed by atoms with van der Waals surface area (Å²) in [5.74, 6) is 0.156. The van der Waals surface area contributed by atoms with Crippen molar-refractivity contribution in [2.24, 2.45) is 5.92 Å². The van der Waals surface area contributed by atoms with Crippen LogP contribution in [0.4, 0.5) is 5.69 Å². The summed E-state index contributed by atoms with van der Waals surface area (Å²) in [6, 6.07) is 9.23. The molecule has 0 aliphatic heterocycles. The lowest BCUT2D eigenvalue weighted by molar-refractivity contribution is -0.122. The number of anilines is 1. The highest BCUT2D eigenvalue weighted by Crippen LogP contribution is 2.27. The van der Waals surface area contributed by atoms with E-state index in [0.29, 0.717) is 12.3 Å². The van der Waals surface area contributed by atoms with Crippen molar-refractivity contribution >= 4 is 22.5 Å². The zero-order chi connectivity index (χ0) is 14.8. The van der Waals surface area contributed by atoms with Crippen LogP contribution < -0.4 is 10.1 Å². The SMILES string of the molecule is COc1ccc2cc(NC(=O)C3CCCC3O)ccc2n1. The Bertz CT molecular complexity index is 672. The Balaban J connectivity index is 1.79. The van der Waals surface area contributed by atoms with Gasteiger partial charge in [-0.3, -0.25) is 4.79 Å². The summed E-state index contributed by atoms with van der Waals surface area (Å²) in [6.45, 7) is 0. The number of hydrogen-bond donors (Lipinski definition) is 2. The molecular weight excluding hydrogens is 268 g/mol. The van der Waals surface area contributed by atoms with Gasteiger partial charge in [0.15, 0.2) is 0 Å². The number of aliphatic hydroxyl groups excluding tert-OH is 1. The molecule has 1 aliphatic carbocycles. The first kappa shape index (κ1) is 13.8. The van der Waals surface area contributed by atoms with Crippen molar-refractivity contribution in [2.75, 3.05) is 12.4 Å². The van der Waals surface area contributed by atoms with Crippen molar-refractivity contribution in [3.8, 4) is 5.88 Å². The van der Waals surface area contributed by atoms with Crippen LogP contribution in [0, 0.1) is 5.92 Å². The van der Waals surface area contributed by atoms with E-state index in [4.69, 9.17) is 4.74 Å². The molecule has 2 unspecified atom stereocenters. The second-order valence-corrected chi connectivity index (χ2v) is 5.36. The van der Waals surface area contributed by atoms with Crippen LogP contribution in [-0.2, 0) is 4.79 Å². The number of pyridine rings is 1. The van der Waals surface area contributed by atoms with E-state index in [1.54, 1.807) is 13.2 Å². The first-order valence-electron chi connectivity index (χ1n) is 7.11. The van der Waals surface area contributed by atoms with Crippen molar-refractivity contribution in [1.82, 2.24) is 4.98 Å². The van der Waals surface area contributed by atoms with Gasteiger partial charge in [-0.05, 0) is 43.5 Å². The van der Waals surface area contributed by atoms with Crippen LogP contribution in [-0.4, -0.2) is 29.2 Å². The van der Waals surface area contributed by atoms with Crippen molar-refractivity contribution in [1.29, 1.82) is 0 Å². The van der Waals surface area contributed by atoms with E-state index in [2.05, 4.69) is 10.3 Å². The molecule has 0 saturated heterocycles. The topological polar surface area (TPSA) is 71.5 Å². The third-order valence-corrected chi connectivity index (χ3v) is 3.96. The quantitative estimate of drug-likeness (QED) is 0.908. The highest BCUT2D eigenvalue weighted by Gasteiger charge is 2.31. The summed E-state index contributed by atoms with van der Waals surface area (Å²) in [5.41, 5.74) is 1.53. The van der Waals surface area contributed by atoms with Gasteiger partial charge < -0.3 is 15.2 Å². The molecule has 21 heavy (non-hydrogen) atoms. The van der Waals surface area contributed by atoms with Crippen LogP contribution in [0.25, 0.3) is 10.9 Å². The second-order valence-electron chi connectivity index (χ2n) is 5.36. The predicted molar refractivity (Wildman–Crippen MR) is 80.3 cm³/mol. The monoisotopic (exact) mass is 286 g/mol. The Morgan fingerprint density at radius 3 is 2.90 bits per heavy atom. The van der Waals surface area contributed by atoms with Gasteiger partial charge in [-0.1, -0.05) is 0 Å². The molecule has 1 aliphatic rings. The molecule has 1 fully saturated rings. The minimum Gasteiger partial charge on any atom is -0.481 e. The summed E-state index contributed by atoms with van der Waals surface area (Å²) < 4.78 is 5.09. The lowest BCUT2D eigenvalue weighted by Crippen LogP contribution is -2.28. The number of carbonyl (C=O) groups is 1. The van der Waals surface area contributed by atoms with E-state index in [1.807, 2.05) is 24.3 Å². The zero-order valence-corrected chi connectivity index (χ0v) is 11.9. The molecule has 1 saturated carbocycles. The van der Waals surface area contributed by atoms with Gasteiger partial charge in [-0.25, -0.2) is 4.98 Å². The number of aromatic nitrogens is 1. The van der Waals surface area contributed by atoms with Crippen molar-refractivity contribution in [2.45, 2.75) is 25.4 Å². The molecule has 1 heterocycles. The van der Waals surface area contributed by atoms with E-state index in [0.717, 1.165) is 29.4 Å². The fourth-order valence-electron chi connectivity index (χ4n) is 2.78. The third kappa shape index (κ3) is 2.83. The Morgan fingerprint density at radius 1 is 1.33 bits per heavy atom. The normalized spacial score (nSPS) is 21.4. The van der Waals surface area contributed by atoms with Gasteiger partial charge in [-0.2, -0.15) is 0 Å². The van der Waals surface area contributed by atoms with Crippen molar-refractivity contribution in [3.05, 3.63) is 30.3 Å². The number of fused-ring (bicyclic) bond motifs is 1. The third-order valence-electron chi connectivity index (χ3n) is 3.96. The van der Waals surface area contributed by atoms with Crippen LogP contribution in [0.3, 0.4) is 0 Å². The molecule has 2 N–H and O–H groups in total. The molecule has 1 aromatic carbocycles. The van der Waals surface area contributed by atoms with Gasteiger partial charge >= 0.3 is 0 Å². The Kier molecular flexibility index (Phi) is 3.75. The van der Waals surface area contributed by atoms with Crippen molar-refractivity contribution in [3.63, 3.8) is 0 Å². The van der Waals surface area contributed by atoms with Gasteiger partial charge in [-0.15, -0.1) is 0 Å². The van der Waals surface area contributed by atoms with Gasteiger partial charge in [0, 0.05) is 17.1 Å². The van der Waals surface area contributed by atoms with E-state index < -0.39 is 6.10 Å². The smallest absolute Gasteiger partial charge is 0.230 e. The summed E-state index contributed by atoms with van der Waals surface area (Å²) in [4.78, 5) is 16.5. The molecule has 3 rings (SSSR count). The molecule has 1 amide bonds. The first-order chi connectivity index (χ1) is 10.2. The maximum atomic E-state index is 12.2. The number of nitrogens with zero attached hydrogens (tertiary/aromatic N) is 1. The van der Waals surface area contributed by atoms with Crippen LogP contribution >= 0.6 is 0 Å². The zero-order valence-electron chi connectivity index (χ0n) is 11.9. The number of hydrogen-bond acceptors (Lipinski definition) is 4. The molecule has 0 radical (unpaired) electrons. The highest BCUT2D eigenvalue weighted by atomic mass is 16.5. The molecular formula is C16H18N2O3. The average molecular weight is 286 g/mol. The summed E-state index contributed by atoms with van der Waals surface area (Å²) in [7, 11) is 1.58. The molecule has 5 heteroatoms. The molecule has 110 valence electrons. The summed E-state index contributed by atoms with van der Waals surface area (Å²) in [5, 5.41) is 13.6. The number of ether oxygens (including phenoxy) is 1. The van der Waals surface area contributed by atoms with Crippen LogP contribution in [0.2, 0.25) is 0 Å². The molecule has 0 spiro atoms. The van der Waals surface area contributed by atoms with E-state index in [-0.39, 0.29) is 11.8 Å². The lowest BCUT2D eigenvalue weighted by atomic mass is 10.1. The number of rotatable bonds is 3. The number of carbonyl (C=O) groups excluding carboxylic acids is 1. The molecule has 2 atom stereocenters. The summed E-state index contributed by atoms with van der Waals surface area (Å²) >= 11 is 0. The Morgan fingerprint density at radius 2 is 2.19 bits per heavy atom. The molecule has 2 aromatic rings. The van der Waals surface area contributed by atoms with Crippen LogP contribution in [0.15, 0.2) is 30.3 Å². The molecule has 5 nitrogen and oxygen atoms in total. The number of methoxy groups -OCH3 is 1. The molecule has 1 aromatic heterocycles. The van der Waals surface area contributed by atoms with Gasteiger partial charge in [0.1, 0.15) is 0 Å². The maximum absolute atomic E-state index is 12.2. The van der Waals surface area contributed by atoms with E-state index >= 15 is 0 Å². The predicted octanol–water partition coefficient (Wildman–Crippen LogP) is 2.34. The number of aliphatic hydroxyl groups is 1. The summed E-state index contributed by atoms with van der Waals surface area (Å²) in [6.07, 6.45) is 1.84. The number of benzene rings is 1. The van der Waals surface area contributed by atoms with Crippen LogP contribution in [0.1, 0.15) is 19.3 Å². The lowest BCUT2D eigenvalue weighted by Gasteiger charge is -2.14. The largest absolute Gasteiger partial charge is 0.481 e. The first-order valence-corrected chi connectivity index (χ1v) is 7.11. The second kappa shape index (κ2) is 5.69. The maximum Gasteiger partial charge on any atom is 0.230 e. The number of amides is 1. The van der Waals surface area contributed by atoms with E-state index in [1.165, 1.54) is 0 Å². The van der Waals surface area contributed by atoms with Crippen molar-refractivity contribution < 1.29 is 14.6 Å². The molecule has 0 bridgehead atoms. The van der Waals surface area contributed by atoms with Gasteiger partial charge in [0.05, 0.1) is 24.6 Å². The minimum atomic E-state index is -0.517. The van der Waals surface area contributed by atoms with Gasteiger partial charge in [0.2, 0.25) is 11.8 Å². The van der Waals surface area contributed by atoms with Gasteiger partial charge in [0.25, 0.3) is 0 Å². The van der Waals surface area contributed by atoms with Crippen LogP contribution in [0.5, 0.6) is 5.88 Å². The fraction of sp³-hybridized carbons (Fsp3) is 0.375. The van der Waals surface area contributed by atoms with E-state index in [9.17, 15) is 9.90 Å². The highest BCUT2D eigenvalue weighted by molar-refractivity contribution is 5.95.